The maximum absolute atomic E-state index is 5.98. The lowest BCUT2D eigenvalue weighted by atomic mass is 10.1. The number of aryl methyl sites for hydroxylation is 1. The number of aromatic nitrogens is 3. The molecule has 0 aliphatic rings. The van der Waals surface area contributed by atoms with Crippen LogP contribution >= 0.6 is 0 Å². The highest BCUT2D eigenvalue weighted by molar-refractivity contribution is 5.87. The van der Waals surface area contributed by atoms with Gasteiger partial charge in [0, 0.05) is 12.6 Å². The van der Waals surface area contributed by atoms with E-state index in [2.05, 4.69) is 34.3 Å². The molecule has 92 valence electrons. The fraction of sp³-hybridized carbons (Fsp3) is 0.545. The molecule has 1 atom stereocenters. The third kappa shape index (κ3) is 2.36. The van der Waals surface area contributed by atoms with Gasteiger partial charge in [0.05, 0.1) is 5.69 Å². The standard InChI is InChI=1S/C11H17N5O/c1-6(2)8(12)4-13-10-9-7(3)16-17-11(9)15-5-14-10/h5-6,8H,4,12H2,1-3H3,(H,13,14,15). The predicted octanol–water partition coefficient (Wildman–Crippen LogP) is 1.32. The highest BCUT2D eigenvalue weighted by Gasteiger charge is 2.13. The number of hydrogen-bond donors (Lipinski definition) is 2. The molecule has 17 heavy (non-hydrogen) atoms. The summed E-state index contributed by atoms with van der Waals surface area (Å²) in [6.07, 6.45) is 1.45. The smallest absolute Gasteiger partial charge is 0.263 e. The highest BCUT2D eigenvalue weighted by atomic mass is 16.5. The summed E-state index contributed by atoms with van der Waals surface area (Å²) in [6.45, 7) is 6.70. The van der Waals surface area contributed by atoms with Gasteiger partial charge in [-0.05, 0) is 12.8 Å². The van der Waals surface area contributed by atoms with Crippen LogP contribution in [-0.4, -0.2) is 27.7 Å². The van der Waals surface area contributed by atoms with E-state index in [9.17, 15) is 0 Å². The lowest BCUT2D eigenvalue weighted by Gasteiger charge is -2.16. The zero-order valence-corrected chi connectivity index (χ0v) is 10.3. The Morgan fingerprint density at radius 3 is 2.88 bits per heavy atom. The minimum Gasteiger partial charge on any atom is -0.368 e. The lowest BCUT2D eigenvalue weighted by molar-refractivity contribution is 0.442. The van der Waals surface area contributed by atoms with Crippen molar-refractivity contribution in [3.63, 3.8) is 0 Å². The second-order valence-corrected chi connectivity index (χ2v) is 4.46. The molecule has 2 rings (SSSR count). The minimum atomic E-state index is 0.0835. The Bertz CT molecular complexity index is 508. The topological polar surface area (TPSA) is 89.9 Å². The summed E-state index contributed by atoms with van der Waals surface area (Å²) < 4.78 is 5.07. The Labute approximate surface area is 99.6 Å². The molecule has 1 unspecified atom stereocenters. The molecule has 0 aliphatic heterocycles. The molecule has 2 heterocycles. The molecule has 2 aromatic rings. The molecular formula is C11H17N5O. The van der Waals surface area contributed by atoms with E-state index >= 15 is 0 Å². The monoisotopic (exact) mass is 235 g/mol. The molecule has 2 aromatic heterocycles. The fourth-order valence-corrected chi connectivity index (χ4v) is 1.51. The van der Waals surface area contributed by atoms with E-state index in [0.29, 0.717) is 18.2 Å². The highest BCUT2D eigenvalue weighted by Crippen LogP contribution is 2.22. The maximum atomic E-state index is 5.98. The van der Waals surface area contributed by atoms with E-state index in [4.69, 9.17) is 10.3 Å². The van der Waals surface area contributed by atoms with Crippen molar-refractivity contribution in [2.45, 2.75) is 26.8 Å². The Balaban J connectivity index is 2.21. The summed E-state index contributed by atoms with van der Waals surface area (Å²) in [7, 11) is 0. The predicted molar refractivity (Wildman–Crippen MR) is 65.6 cm³/mol. The molecule has 6 nitrogen and oxygen atoms in total. The van der Waals surface area contributed by atoms with Gasteiger partial charge in [0.15, 0.2) is 0 Å². The molecule has 0 fully saturated rings. The van der Waals surface area contributed by atoms with Gasteiger partial charge in [0.1, 0.15) is 17.5 Å². The first kappa shape index (κ1) is 11.8. The zero-order chi connectivity index (χ0) is 12.4. The van der Waals surface area contributed by atoms with Crippen molar-refractivity contribution in [3.05, 3.63) is 12.0 Å². The third-order valence-electron chi connectivity index (χ3n) is 2.80. The Hall–Kier alpha value is -1.69. The van der Waals surface area contributed by atoms with Crippen LogP contribution in [0.25, 0.3) is 11.1 Å². The second kappa shape index (κ2) is 4.67. The Morgan fingerprint density at radius 2 is 2.18 bits per heavy atom. The van der Waals surface area contributed by atoms with Gasteiger partial charge < -0.3 is 15.6 Å². The van der Waals surface area contributed by atoms with Crippen LogP contribution in [-0.2, 0) is 0 Å². The number of hydrogen-bond acceptors (Lipinski definition) is 6. The normalized spacial score (nSPS) is 13.2. The van der Waals surface area contributed by atoms with Crippen molar-refractivity contribution in [2.75, 3.05) is 11.9 Å². The summed E-state index contributed by atoms with van der Waals surface area (Å²) in [6, 6.07) is 0.0835. The molecule has 6 heteroatoms. The average Bonchev–Trinajstić information content (AvgIpc) is 2.68. The molecule has 0 saturated heterocycles. The van der Waals surface area contributed by atoms with Crippen LogP contribution in [0.15, 0.2) is 10.9 Å². The summed E-state index contributed by atoms with van der Waals surface area (Å²) in [5.74, 6) is 1.15. The van der Waals surface area contributed by atoms with Crippen LogP contribution in [0.3, 0.4) is 0 Å². The number of fused-ring (bicyclic) bond motifs is 1. The van der Waals surface area contributed by atoms with Gasteiger partial charge in [-0.25, -0.2) is 4.98 Å². The maximum Gasteiger partial charge on any atom is 0.263 e. The quantitative estimate of drug-likeness (QED) is 0.830. The van der Waals surface area contributed by atoms with E-state index in [-0.39, 0.29) is 6.04 Å². The number of anilines is 1. The van der Waals surface area contributed by atoms with Crippen molar-refractivity contribution in [1.29, 1.82) is 0 Å². The van der Waals surface area contributed by atoms with Crippen molar-refractivity contribution in [1.82, 2.24) is 15.1 Å². The molecule has 3 N–H and O–H groups in total. The van der Waals surface area contributed by atoms with Crippen LogP contribution < -0.4 is 11.1 Å². The summed E-state index contributed by atoms with van der Waals surface area (Å²) in [5, 5.41) is 7.91. The van der Waals surface area contributed by atoms with Crippen molar-refractivity contribution in [3.8, 4) is 0 Å². The van der Waals surface area contributed by atoms with E-state index in [1.165, 1.54) is 6.33 Å². The first-order valence-corrected chi connectivity index (χ1v) is 5.66. The van der Waals surface area contributed by atoms with Crippen LogP contribution in [0, 0.1) is 12.8 Å². The van der Waals surface area contributed by atoms with Gasteiger partial charge in [-0.3, -0.25) is 0 Å². The lowest BCUT2D eigenvalue weighted by Crippen LogP contribution is -2.34. The van der Waals surface area contributed by atoms with Gasteiger partial charge >= 0.3 is 0 Å². The molecular weight excluding hydrogens is 218 g/mol. The van der Waals surface area contributed by atoms with E-state index in [1.807, 2.05) is 6.92 Å². The van der Waals surface area contributed by atoms with Crippen molar-refractivity contribution < 1.29 is 4.52 Å². The van der Waals surface area contributed by atoms with E-state index < -0.39 is 0 Å². The summed E-state index contributed by atoms with van der Waals surface area (Å²) in [4.78, 5) is 8.21. The summed E-state index contributed by atoms with van der Waals surface area (Å²) >= 11 is 0. The zero-order valence-electron chi connectivity index (χ0n) is 10.3. The van der Waals surface area contributed by atoms with Crippen molar-refractivity contribution in [2.24, 2.45) is 11.7 Å². The molecule has 0 radical (unpaired) electrons. The third-order valence-corrected chi connectivity index (χ3v) is 2.80. The van der Waals surface area contributed by atoms with Crippen LogP contribution in [0.4, 0.5) is 5.82 Å². The van der Waals surface area contributed by atoms with Gasteiger partial charge in [0.2, 0.25) is 0 Å². The average molecular weight is 235 g/mol. The SMILES string of the molecule is Cc1noc2ncnc(NCC(N)C(C)C)c12. The Morgan fingerprint density at radius 1 is 1.41 bits per heavy atom. The van der Waals surface area contributed by atoms with Crippen LogP contribution in [0.5, 0.6) is 0 Å². The first-order chi connectivity index (χ1) is 8.09. The van der Waals surface area contributed by atoms with Gasteiger partial charge in [-0.15, -0.1) is 0 Å². The molecule has 0 aromatic carbocycles. The van der Waals surface area contributed by atoms with Gasteiger partial charge in [-0.2, -0.15) is 4.98 Å². The number of nitrogens with two attached hydrogens (primary N) is 1. The van der Waals surface area contributed by atoms with E-state index in [1.54, 1.807) is 0 Å². The molecule has 0 saturated carbocycles. The molecule has 0 aliphatic carbocycles. The van der Waals surface area contributed by atoms with Crippen molar-refractivity contribution >= 4 is 16.9 Å². The Kier molecular flexibility index (Phi) is 3.23. The molecule has 0 spiro atoms. The minimum absolute atomic E-state index is 0.0835. The largest absolute Gasteiger partial charge is 0.368 e. The fourth-order valence-electron chi connectivity index (χ4n) is 1.51. The molecule has 0 amide bonds. The number of rotatable bonds is 4. The molecule has 0 bridgehead atoms. The second-order valence-electron chi connectivity index (χ2n) is 4.46. The number of nitrogens with one attached hydrogen (secondary N) is 1. The van der Waals surface area contributed by atoms with Gasteiger partial charge in [-0.1, -0.05) is 19.0 Å². The van der Waals surface area contributed by atoms with Gasteiger partial charge in [0.25, 0.3) is 5.71 Å². The van der Waals surface area contributed by atoms with Crippen LogP contribution in [0.1, 0.15) is 19.5 Å². The van der Waals surface area contributed by atoms with Crippen LogP contribution in [0.2, 0.25) is 0 Å². The summed E-state index contributed by atoms with van der Waals surface area (Å²) in [5.41, 5.74) is 7.25. The van der Waals surface area contributed by atoms with E-state index in [0.717, 1.165) is 16.9 Å². The number of nitrogens with zero attached hydrogens (tertiary/aromatic N) is 3. The first-order valence-electron chi connectivity index (χ1n) is 5.66.